The first-order valence-corrected chi connectivity index (χ1v) is 6.34. The Balaban J connectivity index is 1.95. The predicted octanol–water partition coefficient (Wildman–Crippen LogP) is 3.08. The molecule has 2 aromatic rings. The molecule has 0 aromatic heterocycles. The summed E-state index contributed by atoms with van der Waals surface area (Å²) < 4.78 is 12.7. The lowest BCUT2D eigenvalue weighted by atomic mass is 10.2. The standard InChI is InChI=1S/C16H15FN2O2/c1-19(2)15-9-3-12(4-10-15)11-18-21-16(20)13-5-7-14(17)8-6-13/h3-11H,1-2H3. The molecule has 0 aliphatic heterocycles. The largest absolute Gasteiger partial charge is 0.378 e. The molecule has 0 unspecified atom stereocenters. The van der Waals surface area contributed by atoms with Crippen molar-refractivity contribution in [1.29, 1.82) is 0 Å². The normalized spacial score (nSPS) is 10.6. The lowest BCUT2D eigenvalue weighted by Crippen LogP contribution is -2.08. The van der Waals surface area contributed by atoms with Gasteiger partial charge in [0.05, 0.1) is 11.8 Å². The highest BCUT2D eigenvalue weighted by Gasteiger charge is 2.06. The Morgan fingerprint density at radius 1 is 1.10 bits per heavy atom. The molecular formula is C16H15FN2O2. The Morgan fingerprint density at radius 2 is 1.71 bits per heavy atom. The van der Waals surface area contributed by atoms with Crippen LogP contribution in [0.1, 0.15) is 15.9 Å². The molecule has 0 saturated heterocycles. The van der Waals surface area contributed by atoms with Gasteiger partial charge in [0.1, 0.15) is 5.82 Å². The van der Waals surface area contributed by atoms with Crippen molar-refractivity contribution in [3.05, 3.63) is 65.5 Å². The summed E-state index contributed by atoms with van der Waals surface area (Å²) in [7, 11) is 3.90. The summed E-state index contributed by atoms with van der Waals surface area (Å²) >= 11 is 0. The predicted molar refractivity (Wildman–Crippen MR) is 80.2 cm³/mol. The van der Waals surface area contributed by atoms with Gasteiger partial charge >= 0.3 is 5.97 Å². The Labute approximate surface area is 122 Å². The number of carbonyl (C=O) groups excluding carboxylic acids is 1. The molecule has 2 aromatic carbocycles. The lowest BCUT2D eigenvalue weighted by molar-refractivity contribution is 0.0519. The van der Waals surface area contributed by atoms with Crippen LogP contribution in [0.2, 0.25) is 0 Å². The van der Waals surface area contributed by atoms with E-state index in [1.807, 2.05) is 43.3 Å². The van der Waals surface area contributed by atoms with Crippen molar-refractivity contribution in [1.82, 2.24) is 0 Å². The summed E-state index contributed by atoms with van der Waals surface area (Å²) in [6.07, 6.45) is 1.45. The fourth-order valence-electron chi connectivity index (χ4n) is 1.63. The monoisotopic (exact) mass is 286 g/mol. The number of nitrogens with zero attached hydrogens (tertiary/aromatic N) is 2. The Hall–Kier alpha value is -2.69. The quantitative estimate of drug-likeness (QED) is 0.493. The van der Waals surface area contributed by atoms with Gasteiger partial charge in [-0.3, -0.25) is 0 Å². The van der Waals surface area contributed by atoms with Crippen molar-refractivity contribution in [2.75, 3.05) is 19.0 Å². The van der Waals surface area contributed by atoms with Crippen molar-refractivity contribution < 1.29 is 14.0 Å². The van der Waals surface area contributed by atoms with Gasteiger partial charge in [-0.2, -0.15) is 0 Å². The van der Waals surface area contributed by atoms with E-state index in [4.69, 9.17) is 4.84 Å². The van der Waals surface area contributed by atoms with Gasteiger partial charge < -0.3 is 9.74 Å². The van der Waals surface area contributed by atoms with E-state index in [1.165, 1.54) is 30.5 Å². The lowest BCUT2D eigenvalue weighted by Gasteiger charge is -2.11. The highest BCUT2D eigenvalue weighted by atomic mass is 19.1. The zero-order valence-corrected chi connectivity index (χ0v) is 11.8. The molecule has 2 rings (SSSR count). The van der Waals surface area contributed by atoms with Crippen LogP contribution in [0.4, 0.5) is 10.1 Å². The number of hydrogen-bond acceptors (Lipinski definition) is 4. The van der Waals surface area contributed by atoms with Gasteiger partial charge in [0.15, 0.2) is 0 Å². The van der Waals surface area contributed by atoms with E-state index in [2.05, 4.69) is 5.16 Å². The molecule has 0 atom stereocenters. The second-order valence-corrected chi connectivity index (χ2v) is 4.61. The molecular weight excluding hydrogens is 271 g/mol. The topological polar surface area (TPSA) is 41.9 Å². The van der Waals surface area contributed by atoms with Crippen LogP contribution >= 0.6 is 0 Å². The molecule has 0 amide bonds. The number of hydrogen-bond donors (Lipinski definition) is 0. The summed E-state index contributed by atoms with van der Waals surface area (Å²) in [4.78, 5) is 18.4. The van der Waals surface area contributed by atoms with Gasteiger partial charge in [0.25, 0.3) is 0 Å². The second-order valence-electron chi connectivity index (χ2n) is 4.61. The van der Waals surface area contributed by atoms with E-state index < -0.39 is 11.8 Å². The summed E-state index contributed by atoms with van der Waals surface area (Å²) in [5, 5.41) is 3.63. The third-order valence-corrected chi connectivity index (χ3v) is 2.83. The maximum Gasteiger partial charge on any atom is 0.365 e. The third kappa shape index (κ3) is 4.14. The van der Waals surface area contributed by atoms with Crippen molar-refractivity contribution in [2.45, 2.75) is 0 Å². The van der Waals surface area contributed by atoms with E-state index in [-0.39, 0.29) is 5.56 Å². The number of halogens is 1. The van der Waals surface area contributed by atoms with E-state index >= 15 is 0 Å². The van der Waals surface area contributed by atoms with Crippen LogP contribution in [-0.2, 0) is 4.84 Å². The second kappa shape index (κ2) is 6.65. The number of carbonyl (C=O) groups is 1. The molecule has 0 heterocycles. The molecule has 4 nitrogen and oxygen atoms in total. The van der Waals surface area contributed by atoms with Gasteiger partial charge in [0.2, 0.25) is 0 Å². The number of oxime groups is 1. The minimum absolute atomic E-state index is 0.247. The average molecular weight is 286 g/mol. The maximum absolute atomic E-state index is 12.7. The highest BCUT2D eigenvalue weighted by molar-refractivity contribution is 5.90. The molecule has 0 spiro atoms. The third-order valence-electron chi connectivity index (χ3n) is 2.83. The molecule has 0 aliphatic carbocycles. The highest BCUT2D eigenvalue weighted by Crippen LogP contribution is 2.11. The van der Waals surface area contributed by atoms with Gasteiger partial charge in [-0.15, -0.1) is 0 Å². The van der Waals surface area contributed by atoms with Crippen LogP contribution in [0, 0.1) is 5.82 Å². The van der Waals surface area contributed by atoms with Crippen molar-refractivity contribution >= 4 is 17.9 Å². The smallest absolute Gasteiger partial charge is 0.365 e. The van der Waals surface area contributed by atoms with Gasteiger partial charge in [-0.1, -0.05) is 17.3 Å². The summed E-state index contributed by atoms with van der Waals surface area (Å²) in [6, 6.07) is 12.7. The molecule has 0 N–H and O–H groups in total. The molecule has 21 heavy (non-hydrogen) atoms. The number of benzene rings is 2. The molecule has 0 aliphatic rings. The summed E-state index contributed by atoms with van der Waals surface area (Å²) in [5.74, 6) is -1.04. The minimum atomic E-state index is -0.629. The van der Waals surface area contributed by atoms with Crippen molar-refractivity contribution in [3.8, 4) is 0 Å². The molecule has 0 radical (unpaired) electrons. The van der Waals surface area contributed by atoms with Crippen LogP contribution in [0.3, 0.4) is 0 Å². The first-order chi connectivity index (χ1) is 10.1. The molecule has 0 fully saturated rings. The zero-order chi connectivity index (χ0) is 15.2. The van der Waals surface area contributed by atoms with E-state index in [9.17, 15) is 9.18 Å². The van der Waals surface area contributed by atoms with Crippen molar-refractivity contribution in [2.24, 2.45) is 5.16 Å². The maximum atomic E-state index is 12.7. The molecule has 0 saturated carbocycles. The fraction of sp³-hybridized carbons (Fsp3) is 0.125. The van der Waals surface area contributed by atoms with Gasteiger partial charge in [-0.05, 0) is 42.0 Å². The molecule has 108 valence electrons. The van der Waals surface area contributed by atoms with Gasteiger partial charge in [0, 0.05) is 19.8 Å². The SMILES string of the molecule is CN(C)c1ccc(C=NOC(=O)c2ccc(F)cc2)cc1. The minimum Gasteiger partial charge on any atom is -0.378 e. The van der Waals surface area contributed by atoms with Crippen LogP contribution in [-0.4, -0.2) is 26.3 Å². The van der Waals surface area contributed by atoms with Crippen LogP contribution < -0.4 is 4.90 Å². The molecule has 0 bridgehead atoms. The molecule has 5 heteroatoms. The van der Waals surface area contributed by atoms with Crippen LogP contribution in [0.25, 0.3) is 0 Å². The van der Waals surface area contributed by atoms with E-state index in [1.54, 1.807) is 0 Å². The van der Waals surface area contributed by atoms with Gasteiger partial charge in [-0.25, -0.2) is 9.18 Å². The van der Waals surface area contributed by atoms with E-state index in [0.29, 0.717) is 0 Å². The number of anilines is 1. The first-order valence-electron chi connectivity index (χ1n) is 6.34. The zero-order valence-electron chi connectivity index (χ0n) is 11.8. The Bertz CT molecular complexity index is 634. The first kappa shape index (κ1) is 14.7. The fourth-order valence-corrected chi connectivity index (χ4v) is 1.63. The average Bonchev–Trinajstić information content (AvgIpc) is 2.48. The van der Waals surface area contributed by atoms with Crippen molar-refractivity contribution in [3.63, 3.8) is 0 Å². The van der Waals surface area contributed by atoms with Crippen LogP contribution in [0.5, 0.6) is 0 Å². The number of rotatable bonds is 4. The Kier molecular flexibility index (Phi) is 4.66. The Morgan fingerprint density at radius 3 is 2.29 bits per heavy atom. The summed E-state index contributed by atoms with van der Waals surface area (Å²) in [6.45, 7) is 0. The van der Waals surface area contributed by atoms with Crippen LogP contribution in [0.15, 0.2) is 53.7 Å². The van der Waals surface area contributed by atoms with E-state index in [0.717, 1.165) is 11.3 Å². The summed E-state index contributed by atoms with van der Waals surface area (Å²) in [5.41, 5.74) is 2.12.